The summed E-state index contributed by atoms with van der Waals surface area (Å²) in [5.74, 6) is -0.181. The van der Waals surface area contributed by atoms with Gasteiger partial charge in [0.05, 0.1) is 0 Å². The number of β-lactam (4-membered cyclic amide) rings is 1. The van der Waals surface area contributed by atoms with Crippen LogP contribution in [0, 0.1) is 0 Å². The molecule has 0 bridgehead atoms. The van der Waals surface area contributed by atoms with Gasteiger partial charge in [0.15, 0.2) is 6.23 Å². The van der Waals surface area contributed by atoms with Crippen molar-refractivity contribution >= 4 is 12.0 Å². The molecule has 3 N–H and O–H groups in total. The van der Waals surface area contributed by atoms with Crippen LogP contribution in [-0.4, -0.2) is 59.1 Å². The number of ether oxygens (including phenoxy) is 1. The molecule has 1 aliphatic heterocycles. The molecular weight excluding hydrogens is 240 g/mol. The maximum Gasteiger partial charge on any atom is 0.407 e. The van der Waals surface area contributed by atoms with Gasteiger partial charge in [-0.05, 0) is 6.42 Å². The molecule has 7 nitrogen and oxygen atoms in total. The Labute approximate surface area is 105 Å². The van der Waals surface area contributed by atoms with E-state index in [-0.39, 0.29) is 25.5 Å². The third-order valence-electron chi connectivity index (χ3n) is 2.59. The molecule has 0 aliphatic carbocycles. The second kappa shape index (κ2) is 6.97. The molecule has 1 heterocycles. The predicted molar refractivity (Wildman–Crippen MR) is 62.5 cm³/mol. The summed E-state index contributed by atoms with van der Waals surface area (Å²) < 4.78 is 4.65. The summed E-state index contributed by atoms with van der Waals surface area (Å²) in [6, 6.07) is 0. The number of carbonyl (C=O) groups excluding carboxylic acids is 2. The molecule has 102 valence electrons. The lowest BCUT2D eigenvalue weighted by Crippen LogP contribution is -2.54. The first-order chi connectivity index (χ1) is 8.56. The number of nitrogens with zero attached hydrogens (tertiary/aromatic N) is 1. The summed E-state index contributed by atoms with van der Waals surface area (Å²) >= 11 is 0. The molecule has 1 aliphatic rings. The Hall–Kier alpha value is -1.60. The van der Waals surface area contributed by atoms with Crippen molar-refractivity contribution in [3.8, 4) is 0 Å². The van der Waals surface area contributed by atoms with E-state index in [1.54, 1.807) is 0 Å². The van der Waals surface area contributed by atoms with E-state index in [0.717, 1.165) is 0 Å². The van der Waals surface area contributed by atoms with E-state index in [2.05, 4.69) is 16.6 Å². The Morgan fingerprint density at radius 1 is 1.61 bits per heavy atom. The van der Waals surface area contributed by atoms with Gasteiger partial charge in [0.1, 0.15) is 12.7 Å². The van der Waals surface area contributed by atoms with Gasteiger partial charge in [0, 0.05) is 19.5 Å². The van der Waals surface area contributed by atoms with Gasteiger partial charge in [0.2, 0.25) is 5.91 Å². The molecule has 0 aromatic rings. The Kier molecular flexibility index (Phi) is 5.60. The first-order valence-corrected chi connectivity index (χ1v) is 5.73. The number of rotatable bonds is 7. The van der Waals surface area contributed by atoms with Gasteiger partial charge < -0.3 is 25.2 Å². The third kappa shape index (κ3) is 4.01. The number of nitrogens with one attached hydrogen (secondary N) is 1. The zero-order chi connectivity index (χ0) is 13.5. The summed E-state index contributed by atoms with van der Waals surface area (Å²) in [7, 11) is 0. The quantitative estimate of drug-likeness (QED) is 0.410. The number of carbonyl (C=O) groups is 2. The number of hydrogen-bond acceptors (Lipinski definition) is 5. The fraction of sp³-hybridized carbons (Fsp3) is 0.636. The fourth-order valence-electron chi connectivity index (χ4n) is 1.48. The van der Waals surface area contributed by atoms with Gasteiger partial charge in [0.25, 0.3) is 0 Å². The fourth-order valence-corrected chi connectivity index (χ4v) is 1.48. The summed E-state index contributed by atoms with van der Waals surface area (Å²) in [4.78, 5) is 23.2. The van der Waals surface area contributed by atoms with Crippen LogP contribution in [-0.2, 0) is 9.53 Å². The van der Waals surface area contributed by atoms with Crippen LogP contribution in [0.1, 0.15) is 12.8 Å². The van der Waals surface area contributed by atoms with Gasteiger partial charge in [-0.1, -0.05) is 12.7 Å². The van der Waals surface area contributed by atoms with E-state index >= 15 is 0 Å². The highest BCUT2D eigenvalue weighted by Crippen LogP contribution is 2.15. The van der Waals surface area contributed by atoms with Gasteiger partial charge in [-0.2, -0.15) is 0 Å². The van der Waals surface area contributed by atoms with Crippen LogP contribution in [0.25, 0.3) is 0 Å². The van der Waals surface area contributed by atoms with Crippen molar-refractivity contribution in [1.82, 2.24) is 10.2 Å². The van der Waals surface area contributed by atoms with Crippen LogP contribution in [0.5, 0.6) is 0 Å². The molecule has 18 heavy (non-hydrogen) atoms. The third-order valence-corrected chi connectivity index (χ3v) is 2.59. The molecule has 0 saturated carbocycles. The summed E-state index contributed by atoms with van der Waals surface area (Å²) in [5.41, 5.74) is 0. The van der Waals surface area contributed by atoms with Crippen LogP contribution < -0.4 is 5.32 Å². The van der Waals surface area contributed by atoms with Crippen LogP contribution in [0.4, 0.5) is 4.79 Å². The van der Waals surface area contributed by atoms with Crippen LogP contribution in [0.2, 0.25) is 0 Å². The van der Waals surface area contributed by atoms with E-state index in [4.69, 9.17) is 0 Å². The zero-order valence-corrected chi connectivity index (χ0v) is 10.0. The van der Waals surface area contributed by atoms with Crippen molar-refractivity contribution in [3.05, 3.63) is 12.7 Å². The molecule has 2 atom stereocenters. The lowest BCUT2D eigenvalue weighted by Gasteiger charge is -2.37. The van der Waals surface area contributed by atoms with E-state index in [1.807, 2.05) is 0 Å². The molecule has 0 radical (unpaired) electrons. The van der Waals surface area contributed by atoms with Crippen molar-refractivity contribution in [3.63, 3.8) is 0 Å². The number of amides is 2. The lowest BCUT2D eigenvalue weighted by atomic mass is 10.1. The van der Waals surface area contributed by atoms with Crippen LogP contribution in [0.15, 0.2) is 12.7 Å². The SMILES string of the molecule is C=CCOC(=O)NCCC(O)C(O)N1CCC1=O. The summed E-state index contributed by atoms with van der Waals surface area (Å²) in [5, 5.41) is 21.6. The zero-order valence-electron chi connectivity index (χ0n) is 10.0. The lowest BCUT2D eigenvalue weighted by molar-refractivity contribution is -0.164. The minimum Gasteiger partial charge on any atom is -0.445 e. The van der Waals surface area contributed by atoms with E-state index < -0.39 is 18.4 Å². The van der Waals surface area contributed by atoms with Crippen molar-refractivity contribution in [2.45, 2.75) is 25.2 Å². The highest BCUT2D eigenvalue weighted by Gasteiger charge is 2.33. The normalized spacial score (nSPS) is 17.7. The molecule has 1 fully saturated rings. The monoisotopic (exact) mass is 258 g/mol. The standard InChI is InChI=1S/C11H18N2O5/c1-2-7-18-11(17)12-5-3-8(14)10(16)13-6-4-9(13)15/h2,8,10,14,16H,1,3-7H2,(H,12,17). The van der Waals surface area contributed by atoms with E-state index in [0.29, 0.717) is 13.0 Å². The van der Waals surface area contributed by atoms with E-state index in [9.17, 15) is 19.8 Å². The Morgan fingerprint density at radius 2 is 2.33 bits per heavy atom. The average Bonchev–Trinajstić information content (AvgIpc) is 2.34. The maximum atomic E-state index is 11.0. The van der Waals surface area contributed by atoms with E-state index in [1.165, 1.54) is 11.0 Å². The minimum atomic E-state index is -1.21. The number of alkyl carbamates (subject to hydrolysis) is 1. The second-order valence-electron chi connectivity index (χ2n) is 3.92. The predicted octanol–water partition coefficient (Wildman–Crippen LogP) is -0.800. The molecule has 1 rings (SSSR count). The Morgan fingerprint density at radius 3 is 2.83 bits per heavy atom. The number of aliphatic hydroxyl groups is 2. The van der Waals surface area contributed by atoms with Crippen molar-refractivity contribution in [2.24, 2.45) is 0 Å². The molecule has 0 aromatic carbocycles. The highest BCUT2D eigenvalue weighted by atomic mass is 16.5. The first-order valence-electron chi connectivity index (χ1n) is 5.73. The second-order valence-corrected chi connectivity index (χ2v) is 3.92. The summed E-state index contributed by atoms with van der Waals surface area (Å²) in [6.45, 7) is 4.10. The molecule has 2 unspecified atom stereocenters. The van der Waals surface area contributed by atoms with Gasteiger partial charge in [-0.25, -0.2) is 4.79 Å². The van der Waals surface area contributed by atoms with Crippen LogP contribution in [0.3, 0.4) is 0 Å². The smallest absolute Gasteiger partial charge is 0.407 e. The Bertz CT molecular complexity index is 321. The molecule has 0 spiro atoms. The largest absolute Gasteiger partial charge is 0.445 e. The van der Waals surface area contributed by atoms with Crippen LogP contribution >= 0.6 is 0 Å². The molecule has 7 heteroatoms. The van der Waals surface area contributed by atoms with Gasteiger partial charge in [-0.3, -0.25) is 4.79 Å². The topological polar surface area (TPSA) is 99.1 Å². The number of likely N-dealkylation sites (tertiary alicyclic amines) is 1. The average molecular weight is 258 g/mol. The van der Waals surface area contributed by atoms with Gasteiger partial charge in [-0.15, -0.1) is 0 Å². The highest BCUT2D eigenvalue weighted by molar-refractivity contribution is 5.81. The molecule has 0 aromatic heterocycles. The van der Waals surface area contributed by atoms with Crippen molar-refractivity contribution < 1.29 is 24.5 Å². The molecular formula is C11H18N2O5. The van der Waals surface area contributed by atoms with Crippen molar-refractivity contribution in [2.75, 3.05) is 19.7 Å². The molecule has 1 saturated heterocycles. The maximum absolute atomic E-state index is 11.0. The number of aliphatic hydroxyl groups excluding tert-OH is 2. The van der Waals surface area contributed by atoms with Crippen molar-refractivity contribution in [1.29, 1.82) is 0 Å². The number of hydrogen-bond donors (Lipinski definition) is 3. The first kappa shape index (κ1) is 14.5. The summed E-state index contributed by atoms with van der Waals surface area (Å²) in [6.07, 6.45) is -0.944. The Balaban J connectivity index is 2.16. The molecule has 2 amide bonds. The minimum absolute atomic E-state index is 0.110. The van der Waals surface area contributed by atoms with Gasteiger partial charge >= 0.3 is 6.09 Å².